The van der Waals surface area contributed by atoms with Crippen LogP contribution in [0.25, 0.3) is 6.08 Å². The molecule has 4 heteroatoms. The first kappa shape index (κ1) is 17.5. The van der Waals surface area contributed by atoms with Gasteiger partial charge in [-0.25, -0.2) is 0 Å². The Bertz CT molecular complexity index is 737. The van der Waals surface area contributed by atoms with Crippen LogP contribution in [0.4, 0.5) is 0 Å². The van der Waals surface area contributed by atoms with Crippen molar-refractivity contribution in [2.45, 2.75) is 13.8 Å². The maximum Gasteiger partial charge on any atom is 0.251 e. The molecule has 2 aromatic carbocycles. The van der Waals surface area contributed by atoms with Crippen molar-refractivity contribution in [2.24, 2.45) is 0 Å². The van der Waals surface area contributed by atoms with E-state index in [2.05, 4.69) is 16.7 Å². The first-order chi connectivity index (χ1) is 11.6. The average molecular weight is 322 g/mol. The molecule has 0 aliphatic carbocycles. The molecule has 0 atom stereocenters. The standard InChI is InChI=1S/C20H22N2O2/c1-15-8-9-17(16(2)14-15)10-11-19(23)21-12-13-22-20(24)18-6-4-3-5-7-18/h3-11,14H,12-13H2,1-2H3,(H,21,23)(H,22,24)/b11-10+. The zero-order chi connectivity index (χ0) is 17.4. The maximum absolute atomic E-state index is 11.8. The number of carbonyl (C=O) groups excluding carboxylic acids is 2. The Morgan fingerprint density at radius 2 is 1.67 bits per heavy atom. The van der Waals surface area contributed by atoms with Crippen LogP contribution in [0.5, 0.6) is 0 Å². The highest BCUT2D eigenvalue weighted by Gasteiger charge is 2.03. The first-order valence-electron chi connectivity index (χ1n) is 7.92. The molecule has 0 aliphatic heterocycles. The number of hydrogen-bond donors (Lipinski definition) is 2. The molecule has 24 heavy (non-hydrogen) atoms. The van der Waals surface area contributed by atoms with Crippen molar-refractivity contribution in [3.05, 3.63) is 76.9 Å². The molecular weight excluding hydrogens is 300 g/mol. The third-order valence-electron chi connectivity index (χ3n) is 3.59. The smallest absolute Gasteiger partial charge is 0.251 e. The van der Waals surface area contributed by atoms with Crippen LogP contribution in [-0.2, 0) is 4.79 Å². The van der Waals surface area contributed by atoms with E-state index in [-0.39, 0.29) is 11.8 Å². The molecule has 2 N–H and O–H groups in total. The second-order valence-corrected chi connectivity index (χ2v) is 5.61. The second-order valence-electron chi connectivity index (χ2n) is 5.61. The summed E-state index contributed by atoms with van der Waals surface area (Å²) in [4.78, 5) is 23.6. The van der Waals surface area contributed by atoms with E-state index in [4.69, 9.17) is 0 Å². The summed E-state index contributed by atoms with van der Waals surface area (Å²) < 4.78 is 0. The van der Waals surface area contributed by atoms with Gasteiger partial charge >= 0.3 is 0 Å². The van der Waals surface area contributed by atoms with Gasteiger partial charge in [-0.2, -0.15) is 0 Å². The number of hydrogen-bond acceptors (Lipinski definition) is 2. The molecule has 0 heterocycles. The minimum atomic E-state index is -0.177. The number of aryl methyl sites for hydroxylation is 2. The van der Waals surface area contributed by atoms with Gasteiger partial charge in [-0.1, -0.05) is 42.0 Å². The lowest BCUT2D eigenvalue weighted by molar-refractivity contribution is -0.116. The Labute approximate surface area is 142 Å². The fourth-order valence-electron chi connectivity index (χ4n) is 2.29. The minimum absolute atomic E-state index is 0.143. The van der Waals surface area contributed by atoms with Crippen LogP contribution < -0.4 is 10.6 Å². The fraction of sp³-hybridized carbons (Fsp3) is 0.200. The van der Waals surface area contributed by atoms with Gasteiger partial charge in [0.15, 0.2) is 0 Å². The molecule has 0 aromatic heterocycles. The molecule has 0 aliphatic rings. The van der Waals surface area contributed by atoms with Gasteiger partial charge in [0.05, 0.1) is 0 Å². The average Bonchev–Trinajstić information content (AvgIpc) is 2.58. The number of benzene rings is 2. The van der Waals surface area contributed by atoms with Gasteiger partial charge in [0.2, 0.25) is 5.91 Å². The second kappa shape index (κ2) is 8.67. The van der Waals surface area contributed by atoms with E-state index in [1.165, 1.54) is 11.6 Å². The van der Waals surface area contributed by atoms with Gasteiger partial charge in [-0.05, 0) is 43.2 Å². The van der Waals surface area contributed by atoms with Gasteiger partial charge in [0.1, 0.15) is 0 Å². The summed E-state index contributed by atoms with van der Waals surface area (Å²) in [6, 6.07) is 15.1. The molecule has 0 fully saturated rings. The molecule has 0 unspecified atom stereocenters. The highest BCUT2D eigenvalue weighted by atomic mass is 16.2. The highest BCUT2D eigenvalue weighted by Crippen LogP contribution is 2.11. The molecule has 0 saturated carbocycles. The SMILES string of the molecule is Cc1ccc(/C=C/C(=O)NCCNC(=O)c2ccccc2)c(C)c1. The van der Waals surface area contributed by atoms with Crippen molar-refractivity contribution in [1.29, 1.82) is 0 Å². The Morgan fingerprint density at radius 1 is 0.958 bits per heavy atom. The Kier molecular flexibility index (Phi) is 6.32. The predicted molar refractivity (Wildman–Crippen MR) is 96.7 cm³/mol. The van der Waals surface area contributed by atoms with E-state index in [0.29, 0.717) is 18.7 Å². The number of amides is 2. The van der Waals surface area contributed by atoms with Gasteiger partial charge in [-0.3, -0.25) is 9.59 Å². The van der Waals surface area contributed by atoms with Crippen LogP contribution in [0, 0.1) is 13.8 Å². The van der Waals surface area contributed by atoms with Gasteiger partial charge in [0, 0.05) is 24.7 Å². The van der Waals surface area contributed by atoms with Crippen molar-refractivity contribution in [2.75, 3.05) is 13.1 Å². The van der Waals surface area contributed by atoms with Crippen molar-refractivity contribution in [3.63, 3.8) is 0 Å². The molecule has 2 aromatic rings. The summed E-state index contributed by atoms with van der Waals surface area (Å²) in [6.07, 6.45) is 3.31. The third kappa shape index (κ3) is 5.39. The van der Waals surface area contributed by atoms with Crippen molar-refractivity contribution in [3.8, 4) is 0 Å². The molecule has 2 amide bonds. The zero-order valence-corrected chi connectivity index (χ0v) is 14.0. The molecule has 4 nitrogen and oxygen atoms in total. The van der Waals surface area contributed by atoms with Crippen LogP contribution in [0.3, 0.4) is 0 Å². The minimum Gasteiger partial charge on any atom is -0.351 e. The Hall–Kier alpha value is -2.88. The summed E-state index contributed by atoms with van der Waals surface area (Å²) in [7, 11) is 0. The monoisotopic (exact) mass is 322 g/mol. The maximum atomic E-state index is 11.8. The molecule has 2 rings (SSSR count). The number of carbonyl (C=O) groups is 2. The summed E-state index contributed by atoms with van der Waals surface area (Å²) >= 11 is 0. The highest BCUT2D eigenvalue weighted by molar-refractivity contribution is 5.94. The predicted octanol–water partition coefficient (Wildman–Crippen LogP) is 2.86. The van der Waals surface area contributed by atoms with E-state index in [1.807, 2.05) is 44.2 Å². The molecule has 0 radical (unpaired) electrons. The summed E-state index contributed by atoms with van der Waals surface area (Å²) in [5, 5.41) is 5.52. The summed E-state index contributed by atoms with van der Waals surface area (Å²) in [6.45, 7) is 4.83. The van der Waals surface area contributed by atoms with Crippen molar-refractivity contribution in [1.82, 2.24) is 10.6 Å². The zero-order valence-electron chi connectivity index (χ0n) is 14.0. The van der Waals surface area contributed by atoms with E-state index in [1.54, 1.807) is 18.2 Å². The lowest BCUT2D eigenvalue weighted by Crippen LogP contribution is -2.33. The summed E-state index contributed by atoms with van der Waals surface area (Å²) in [5.74, 6) is -0.320. The molecule has 0 spiro atoms. The van der Waals surface area contributed by atoms with Gasteiger partial charge in [-0.15, -0.1) is 0 Å². The third-order valence-corrected chi connectivity index (χ3v) is 3.59. The normalized spacial score (nSPS) is 10.6. The van der Waals surface area contributed by atoms with E-state index >= 15 is 0 Å². The van der Waals surface area contributed by atoms with Crippen LogP contribution in [0.1, 0.15) is 27.0 Å². The molecular formula is C20H22N2O2. The first-order valence-corrected chi connectivity index (χ1v) is 7.92. The van der Waals surface area contributed by atoms with E-state index in [9.17, 15) is 9.59 Å². The van der Waals surface area contributed by atoms with E-state index in [0.717, 1.165) is 11.1 Å². The van der Waals surface area contributed by atoms with Crippen LogP contribution in [-0.4, -0.2) is 24.9 Å². The van der Waals surface area contributed by atoms with E-state index < -0.39 is 0 Å². The molecule has 124 valence electrons. The largest absolute Gasteiger partial charge is 0.351 e. The summed E-state index contributed by atoms with van der Waals surface area (Å²) in [5.41, 5.74) is 3.96. The number of nitrogens with one attached hydrogen (secondary N) is 2. The van der Waals surface area contributed by atoms with Crippen molar-refractivity contribution < 1.29 is 9.59 Å². The number of rotatable bonds is 6. The van der Waals surface area contributed by atoms with Crippen molar-refractivity contribution >= 4 is 17.9 Å². The lowest BCUT2D eigenvalue weighted by atomic mass is 10.1. The lowest BCUT2D eigenvalue weighted by Gasteiger charge is -2.06. The fourth-order valence-corrected chi connectivity index (χ4v) is 2.29. The Balaban J connectivity index is 1.73. The topological polar surface area (TPSA) is 58.2 Å². The van der Waals surface area contributed by atoms with Crippen LogP contribution in [0.2, 0.25) is 0 Å². The Morgan fingerprint density at radius 3 is 2.38 bits per heavy atom. The molecule has 0 bridgehead atoms. The van der Waals surface area contributed by atoms with Gasteiger partial charge in [0.25, 0.3) is 5.91 Å². The molecule has 0 saturated heterocycles. The van der Waals surface area contributed by atoms with Crippen LogP contribution >= 0.6 is 0 Å². The quantitative estimate of drug-likeness (QED) is 0.635. The van der Waals surface area contributed by atoms with Crippen LogP contribution in [0.15, 0.2) is 54.6 Å². The van der Waals surface area contributed by atoms with Gasteiger partial charge < -0.3 is 10.6 Å².